The fourth-order valence-electron chi connectivity index (χ4n) is 4.35. The van der Waals surface area contributed by atoms with Crippen molar-refractivity contribution in [3.63, 3.8) is 0 Å². The Balaban J connectivity index is 1.92. The molecule has 0 aliphatic carbocycles. The molecule has 0 saturated carbocycles. The van der Waals surface area contributed by atoms with Crippen molar-refractivity contribution >= 4 is 35.2 Å². The topological polar surface area (TPSA) is 144 Å². The van der Waals surface area contributed by atoms with Crippen LogP contribution < -0.4 is 20.5 Å². The van der Waals surface area contributed by atoms with Gasteiger partial charge in [-0.2, -0.15) is 5.26 Å². The highest BCUT2D eigenvalue weighted by molar-refractivity contribution is 8.04. The van der Waals surface area contributed by atoms with Crippen molar-refractivity contribution in [1.82, 2.24) is 4.90 Å². The molecule has 0 radical (unpaired) electrons. The summed E-state index contributed by atoms with van der Waals surface area (Å²) in [6.07, 6.45) is -0.224. The fourth-order valence-corrected chi connectivity index (χ4v) is 5.67. The number of allylic oxidation sites excluding steroid dienone is 1. The minimum Gasteiger partial charge on any atom is -0.497 e. The average molecular weight is 535 g/mol. The Morgan fingerprint density at radius 1 is 1.13 bits per heavy atom. The summed E-state index contributed by atoms with van der Waals surface area (Å²) in [7, 11) is 4.20. The van der Waals surface area contributed by atoms with E-state index in [0.717, 1.165) is 22.2 Å². The number of hydrogen-bond donors (Lipinski definition) is 2. The molecule has 2 amide bonds. The lowest BCUT2D eigenvalue weighted by atomic mass is 9.82. The number of nitriles is 1. The van der Waals surface area contributed by atoms with Gasteiger partial charge in [-0.05, 0) is 25.1 Å². The third-order valence-electron chi connectivity index (χ3n) is 6.28. The van der Waals surface area contributed by atoms with E-state index < -0.39 is 29.0 Å². The Kier molecular flexibility index (Phi) is 7.64. The molecule has 10 nitrogen and oxygen atoms in total. The number of nitrogens with one attached hydrogen (secondary N) is 1. The summed E-state index contributed by atoms with van der Waals surface area (Å²) >= 11 is 1.04. The van der Waals surface area contributed by atoms with Crippen molar-refractivity contribution in [2.75, 3.05) is 26.6 Å². The van der Waals surface area contributed by atoms with Gasteiger partial charge in [-0.1, -0.05) is 35.5 Å². The van der Waals surface area contributed by atoms with Gasteiger partial charge >= 0.3 is 5.97 Å². The molecule has 11 heteroatoms. The maximum atomic E-state index is 13.9. The standard InChI is InChI=1S/C27H26N4O6S/c1-14-5-7-15(8-6-14)30-25(33)23-22(17-10-9-16(35-2)11-19(17)36-3)18(13-28)24(29)31-26(34)20(38-27(23)31)12-21(32)37-4/h5-11,20,22H,12,29H2,1-4H3,(H,30,33)/t20-,22-/m1/s1. The van der Waals surface area contributed by atoms with Crippen molar-refractivity contribution < 1.29 is 28.6 Å². The molecule has 38 heavy (non-hydrogen) atoms. The van der Waals surface area contributed by atoms with Crippen molar-refractivity contribution in [2.45, 2.75) is 24.5 Å². The van der Waals surface area contributed by atoms with Gasteiger partial charge in [0.15, 0.2) is 0 Å². The Morgan fingerprint density at radius 3 is 2.45 bits per heavy atom. The summed E-state index contributed by atoms with van der Waals surface area (Å²) in [6.45, 7) is 1.93. The number of nitrogens with two attached hydrogens (primary N) is 1. The highest BCUT2D eigenvalue weighted by atomic mass is 32.2. The van der Waals surface area contributed by atoms with Gasteiger partial charge in [0.25, 0.3) is 5.91 Å². The molecule has 0 spiro atoms. The average Bonchev–Trinajstić information content (AvgIpc) is 3.24. The van der Waals surface area contributed by atoms with Crippen LogP contribution in [-0.2, 0) is 19.1 Å². The quantitative estimate of drug-likeness (QED) is 0.512. The first kappa shape index (κ1) is 26.6. The van der Waals surface area contributed by atoms with E-state index in [1.165, 1.54) is 21.3 Å². The number of fused-ring (bicyclic) bond motifs is 1. The summed E-state index contributed by atoms with van der Waals surface area (Å²) in [5.74, 6) is -1.82. The number of aryl methyl sites for hydroxylation is 1. The molecule has 2 aromatic carbocycles. The maximum absolute atomic E-state index is 13.9. The maximum Gasteiger partial charge on any atom is 0.307 e. The number of ether oxygens (including phenoxy) is 3. The van der Waals surface area contributed by atoms with Gasteiger partial charge in [0.2, 0.25) is 5.91 Å². The zero-order chi connectivity index (χ0) is 27.6. The number of methoxy groups -OCH3 is 3. The third-order valence-corrected chi connectivity index (χ3v) is 7.56. The van der Waals surface area contributed by atoms with E-state index in [2.05, 4.69) is 11.4 Å². The lowest BCUT2D eigenvalue weighted by Crippen LogP contribution is -2.39. The van der Waals surface area contributed by atoms with Crippen LogP contribution >= 0.6 is 11.8 Å². The number of rotatable bonds is 7. The Bertz CT molecular complexity index is 1410. The summed E-state index contributed by atoms with van der Waals surface area (Å²) in [5.41, 5.74) is 8.56. The molecule has 0 aromatic heterocycles. The normalized spacial score (nSPS) is 18.6. The van der Waals surface area contributed by atoms with Crippen LogP contribution in [0.5, 0.6) is 11.5 Å². The van der Waals surface area contributed by atoms with Crippen LogP contribution in [0.1, 0.15) is 23.5 Å². The summed E-state index contributed by atoms with van der Waals surface area (Å²) in [4.78, 5) is 40.4. The third kappa shape index (κ3) is 4.78. The van der Waals surface area contributed by atoms with Crippen LogP contribution in [0.25, 0.3) is 0 Å². The van der Waals surface area contributed by atoms with Gasteiger partial charge in [-0.3, -0.25) is 19.3 Å². The number of esters is 1. The van der Waals surface area contributed by atoms with Crippen molar-refractivity contribution in [1.29, 1.82) is 5.26 Å². The molecule has 4 rings (SSSR count). The minimum absolute atomic E-state index is 0.000981. The first-order valence-electron chi connectivity index (χ1n) is 11.5. The molecular weight excluding hydrogens is 508 g/mol. The molecule has 2 aromatic rings. The number of amides is 2. The van der Waals surface area contributed by atoms with E-state index >= 15 is 0 Å². The Labute approximate surface area is 224 Å². The molecule has 0 bridgehead atoms. The van der Waals surface area contributed by atoms with E-state index in [0.29, 0.717) is 22.7 Å². The molecule has 2 atom stereocenters. The number of carbonyl (C=O) groups excluding carboxylic acids is 3. The van der Waals surface area contributed by atoms with Crippen LogP contribution in [0.3, 0.4) is 0 Å². The van der Waals surface area contributed by atoms with Crippen molar-refractivity contribution in [3.05, 3.63) is 75.6 Å². The fraction of sp³-hybridized carbons (Fsp3) is 0.259. The first-order valence-corrected chi connectivity index (χ1v) is 12.4. The lowest BCUT2D eigenvalue weighted by molar-refractivity contribution is -0.142. The predicted octanol–water partition coefficient (Wildman–Crippen LogP) is 3.16. The molecule has 3 N–H and O–H groups in total. The number of anilines is 1. The summed E-state index contributed by atoms with van der Waals surface area (Å²) in [5, 5.41) is 12.4. The molecule has 196 valence electrons. The summed E-state index contributed by atoms with van der Waals surface area (Å²) in [6, 6.07) is 14.3. The van der Waals surface area contributed by atoms with Gasteiger partial charge in [-0.15, -0.1) is 0 Å². The van der Waals surface area contributed by atoms with Gasteiger partial charge in [0, 0.05) is 17.3 Å². The van der Waals surface area contributed by atoms with Gasteiger partial charge in [0.05, 0.1) is 55.9 Å². The largest absolute Gasteiger partial charge is 0.497 e. The Hall–Kier alpha value is -4.43. The number of thioether (sulfide) groups is 1. The second-order valence-corrected chi connectivity index (χ2v) is 9.74. The van der Waals surface area contributed by atoms with Crippen LogP contribution in [0.4, 0.5) is 5.69 Å². The van der Waals surface area contributed by atoms with Crippen LogP contribution in [-0.4, -0.2) is 49.3 Å². The predicted molar refractivity (Wildman–Crippen MR) is 141 cm³/mol. The second-order valence-electron chi connectivity index (χ2n) is 8.55. The van der Waals surface area contributed by atoms with E-state index in [1.54, 1.807) is 30.3 Å². The highest BCUT2D eigenvalue weighted by Gasteiger charge is 2.49. The molecule has 1 saturated heterocycles. The lowest BCUT2D eigenvalue weighted by Gasteiger charge is -2.32. The van der Waals surface area contributed by atoms with E-state index in [4.69, 9.17) is 19.9 Å². The number of hydrogen-bond acceptors (Lipinski definition) is 9. The SMILES string of the molecule is COC(=O)C[C@H]1SC2=C(C(=O)Nc3ccc(C)cc3)[C@H](c3ccc(OC)cc3OC)C(C#N)=C(N)N2C1=O. The molecular formula is C27H26N4O6S. The van der Waals surface area contributed by atoms with E-state index in [-0.39, 0.29) is 28.4 Å². The van der Waals surface area contributed by atoms with Gasteiger partial charge in [0.1, 0.15) is 22.6 Å². The molecule has 0 unspecified atom stereocenters. The minimum atomic E-state index is -0.963. The zero-order valence-corrected chi connectivity index (χ0v) is 22.0. The first-order chi connectivity index (χ1) is 18.2. The Morgan fingerprint density at radius 2 is 1.84 bits per heavy atom. The summed E-state index contributed by atoms with van der Waals surface area (Å²) < 4.78 is 15.6. The monoisotopic (exact) mass is 534 g/mol. The van der Waals surface area contributed by atoms with E-state index in [9.17, 15) is 19.6 Å². The van der Waals surface area contributed by atoms with Crippen LogP contribution in [0.15, 0.2) is 64.5 Å². The van der Waals surface area contributed by atoms with Crippen LogP contribution in [0, 0.1) is 18.3 Å². The number of nitrogens with zero attached hydrogens (tertiary/aromatic N) is 2. The smallest absolute Gasteiger partial charge is 0.307 e. The van der Waals surface area contributed by atoms with E-state index in [1.807, 2.05) is 19.1 Å². The van der Waals surface area contributed by atoms with Crippen molar-refractivity contribution in [3.8, 4) is 17.6 Å². The number of carbonyl (C=O) groups is 3. The molecule has 2 aliphatic rings. The molecule has 2 aliphatic heterocycles. The van der Waals surface area contributed by atoms with Gasteiger partial charge < -0.3 is 25.3 Å². The van der Waals surface area contributed by atoms with Crippen molar-refractivity contribution in [2.24, 2.45) is 5.73 Å². The second kappa shape index (κ2) is 10.9. The van der Waals surface area contributed by atoms with Crippen LogP contribution in [0.2, 0.25) is 0 Å². The number of benzene rings is 2. The zero-order valence-electron chi connectivity index (χ0n) is 21.2. The molecule has 1 fully saturated rings. The highest BCUT2D eigenvalue weighted by Crippen LogP contribution is 2.51. The van der Waals surface area contributed by atoms with Gasteiger partial charge in [-0.25, -0.2) is 0 Å². The molecule has 2 heterocycles.